The Labute approximate surface area is 122 Å². The number of anilines is 1. The maximum atomic E-state index is 11.8. The zero-order valence-corrected chi connectivity index (χ0v) is 12.7. The molecular weight excluding hydrogens is 250 g/mol. The normalized spacial score (nSPS) is 10.8. The van der Waals surface area contributed by atoms with Gasteiger partial charge in [0.15, 0.2) is 0 Å². The number of hydrogen-bond donors (Lipinski definition) is 2. The summed E-state index contributed by atoms with van der Waals surface area (Å²) in [5.74, 6) is 0.0723. The first kappa shape index (κ1) is 16.7. The van der Waals surface area contributed by atoms with Crippen molar-refractivity contribution >= 4 is 11.6 Å². The van der Waals surface area contributed by atoms with Gasteiger partial charge in [-0.05, 0) is 50.7 Å². The maximum absolute atomic E-state index is 11.8. The molecule has 3 N–H and O–H groups in total. The van der Waals surface area contributed by atoms with Gasteiger partial charge in [0, 0.05) is 18.7 Å². The lowest BCUT2D eigenvalue weighted by Gasteiger charge is -2.15. The Morgan fingerprint density at radius 1 is 1.30 bits per heavy atom. The van der Waals surface area contributed by atoms with Gasteiger partial charge >= 0.3 is 0 Å². The first-order valence-electron chi connectivity index (χ1n) is 7.43. The second-order valence-corrected chi connectivity index (χ2v) is 5.21. The number of benzene rings is 1. The van der Waals surface area contributed by atoms with Crippen molar-refractivity contribution in [2.75, 3.05) is 25.5 Å². The van der Waals surface area contributed by atoms with E-state index >= 15 is 0 Å². The number of hydrogen-bond acceptors (Lipinski definition) is 3. The van der Waals surface area contributed by atoms with Crippen LogP contribution in [0.25, 0.3) is 0 Å². The van der Waals surface area contributed by atoms with Crippen LogP contribution in [0, 0.1) is 0 Å². The third-order valence-electron chi connectivity index (χ3n) is 3.28. The second-order valence-electron chi connectivity index (χ2n) is 5.21. The quantitative estimate of drug-likeness (QED) is 0.729. The number of unbranched alkanes of at least 4 members (excludes halogenated alkanes) is 1. The molecule has 0 unspecified atom stereocenters. The van der Waals surface area contributed by atoms with E-state index in [4.69, 9.17) is 5.73 Å². The molecule has 1 rings (SSSR count). The van der Waals surface area contributed by atoms with Crippen LogP contribution < -0.4 is 11.1 Å². The van der Waals surface area contributed by atoms with Crippen LogP contribution in [0.5, 0.6) is 0 Å². The van der Waals surface area contributed by atoms with Crippen molar-refractivity contribution in [3.63, 3.8) is 0 Å². The summed E-state index contributed by atoms with van der Waals surface area (Å²) in [6.45, 7) is 4.76. The Bertz CT molecular complexity index is 406. The van der Waals surface area contributed by atoms with Gasteiger partial charge in [-0.15, -0.1) is 0 Å². The van der Waals surface area contributed by atoms with Crippen LogP contribution in [0.3, 0.4) is 0 Å². The molecule has 4 nitrogen and oxygen atoms in total. The molecule has 0 aromatic heterocycles. The molecule has 0 aliphatic heterocycles. The van der Waals surface area contributed by atoms with Crippen molar-refractivity contribution in [1.82, 2.24) is 4.90 Å². The SMILES string of the molecule is CCCCN(C)CCCC(=O)Nc1cccc(CN)c1. The smallest absolute Gasteiger partial charge is 0.224 e. The zero-order valence-electron chi connectivity index (χ0n) is 12.7. The third kappa shape index (κ3) is 6.68. The van der Waals surface area contributed by atoms with Crippen LogP contribution in [0.4, 0.5) is 5.69 Å². The van der Waals surface area contributed by atoms with Crippen LogP contribution in [0.1, 0.15) is 38.2 Å². The summed E-state index contributed by atoms with van der Waals surface area (Å²) in [7, 11) is 2.11. The molecule has 0 atom stereocenters. The molecule has 112 valence electrons. The van der Waals surface area contributed by atoms with Crippen LogP contribution in [0.15, 0.2) is 24.3 Å². The summed E-state index contributed by atoms with van der Waals surface area (Å²) in [6.07, 6.45) is 3.88. The molecule has 0 bridgehead atoms. The fourth-order valence-corrected chi connectivity index (χ4v) is 2.05. The predicted molar refractivity (Wildman–Crippen MR) is 84.6 cm³/mol. The molecule has 0 aliphatic rings. The van der Waals surface area contributed by atoms with Crippen LogP contribution in [-0.2, 0) is 11.3 Å². The molecule has 20 heavy (non-hydrogen) atoms. The Kier molecular flexibility index (Phi) is 7.92. The van der Waals surface area contributed by atoms with Gasteiger partial charge in [-0.1, -0.05) is 25.5 Å². The summed E-state index contributed by atoms with van der Waals surface area (Å²) < 4.78 is 0. The largest absolute Gasteiger partial charge is 0.326 e. The Morgan fingerprint density at radius 3 is 2.75 bits per heavy atom. The number of nitrogens with two attached hydrogens (primary N) is 1. The second kappa shape index (κ2) is 9.50. The molecule has 0 fully saturated rings. The van der Waals surface area contributed by atoms with E-state index in [1.54, 1.807) is 0 Å². The van der Waals surface area contributed by atoms with Gasteiger partial charge in [0.05, 0.1) is 0 Å². The fraction of sp³-hybridized carbons (Fsp3) is 0.562. The maximum Gasteiger partial charge on any atom is 0.224 e. The fourth-order valence-electron chi connectivity index (χ4n) is 2.05. The molecule has 0 radical (unpaired) electrons. The highest BCUT2D eigenvalue weighted by Crippen LogP contribution is 2.10. The van der Waals surface area contributed by atoms with E-state index in [-0.39, 0.29) is 5.91 Å². The van der Waals surface area contributed by atoms with Crippen molar-refractivity contribution < 1.29 is 4.79 Å². The number of nitrogens with zero attached hydrogens (tertiary/aromatic N) is 1. The van der Waals surface area contributed by atoms with Crippen molar-refractivity contribution in [2.24, 2.45) is 5.73 Å². The van der Waals surface area contributed by atoms with Crippen molar-refractivity contribution in [1.29, 1.82) is 0 Å². The van der Waals surface area contributed by atoms with Gasteiger partial charge in [-0.3, -0.25) is 4.79 Å². The lowest BCUT2D eigenvalue weighted by molar-refractivity contribution is -0.116. The first-order valence-corrected chi connectivity index (χ1v) is 7.43. The van der Waals surface area contributed by atoms with Crippen LogP contribution in [0.2, 0.25) is 0 Å². The monoisotopic (exact) mass is 277 g/mol. The van der Waals surface area contributed by atoms with Gasteiger partial charge in [-0.25, -0.2) is 0 Å². The average Bonchev–Trinajstić information content (AvgIpc) is 2.45. The highest BCUT2D eigenvalue weighted by Gasteiger charge is 2.04. The van der Waals surface area contributed by atoms with Crippen LogP contribution in [-0.4, -0.2) is 30.9 Å². The molecule has 0 spiro atoms. The number of amides is 1. The zero-order chi connectivity index (χ0) is 14.8. The summed E-state index contributed by atoms with van der Waals surface area (Å²) in [4.78, 5) is 14.1. The molecule has 1 aromatic rings. The molecule has 0 saturated carbocycles. The Balaban J connectivity index is 2.26. The van der Waals surface area contributed by atoms with E-state index in [9.17, 15) is 4.79 Å². The van der Waals surface area contributed by atoms with Gasteiger partial charge in [0.2, 0.25) is 5.91 Å². The average molecular weight is 277 g/mol. The van der Waals surface area contributed by atoms with E-state index in [1.807, 2.05) is 24.3 Å². The van der Waals surface area contributed by atoms with Crippen molar-refractivity contribution in [3.8, 4) is 0 Å². The van der Waals surface area contributed by atoms with E-state index in [1.165, 1.54) is 12.8 Å². The minimum atomic E-state index is 0.0723. The standard InChI is InChI=1S/C16H27N3O/c1-3-4-10-19(2)11-6-9-16(20)18-15-8-5-7-14(12-15)13-17/h5,7-8,12H,3-4,6,9-11,13,17H2,1-2H3,(H,18,20). The summed E-state index contributed by atoms with van der Waals surface area (Å²) in [5.41, 5.74) is 7.45. The summed E-state index contributed by atoms with van der Waals surface area (Å²) in [5, 5.41) is 2.92. The van der Waals surface area contributed by atoms with Gasteiger partial charge in [-0.2, -0.15) is 0 Å². The van der Waals surface area contributed by atoms with E-state index < -0.39 is 0 Å². The number of carbonyl (C=O) groups is 1. The van der Waals surface area contributed by atoms with Crippen molar-refractivity contribution in [2.45, 2.75) is 39.2 Å². The first-order chi connectivity index (χ1) is 9.65. The highest BCUT2D eigenvalue weighted by atomic mass is 16.1. The summed E-state index contributed by atoms with van der Waals surface area (Å²) >= 11 is 0. The minimum absolute atomic E-state index is 0.0723. The van der Waals surface area contributed by atoms with Gasteiger partial charge in [0.25, 0.3) is 0 Å². The molecular formula is C16H27N3O. The van der Waals surface area contributed by atoms with E-state index in [0.717, 1.165) is 30.8 Å². The van der Waals surface area contributed by atoms with Crippen molar-refractivity contribution in [3.05, 3.63) is 29.8 Å². The van der Waals surface area contributed by atoms with E-state index in [2.05, 4.69) is 24.2 Å². The molecule has 1 amide bonds. The number of rotatable bonds is 9. The molecule has 0 heterocycles. The number of carbonyl (C=O) groups excluding carboxylic acids is 1. The lowest BCUT2D eigenvalue weighted by Crippen LogP contribution is -2.22. The molecule has 1 aromatic carbocycles. The minimum Gasteiger partial charge on any atom is -0.326 e. The van der Waals surface area contributed by atoms with Gasteiger partial charge < -0.3 is 16.0 Å². The highest BCUT2D eigenvalue weighted by molar-refractivity contribution is 5.90. The molecule has 4 heteroatoms. The molecule has 0 saturated heterocycles. The summed E-state index contributed by atoms with van der Waals surface area (Å²) in [6, 6.07) is 7.68. The van der Waals surface area contributed by atoms with E-state index in [0.29, 0.717) is 13.0 Å². The Morgan fingerprint density at radius 2 is 2.05 bits per heavy atom. The van der Waals surface area contributed by atoms with Crippen LogP contribution >= 0.6 is 0 Å². The third-order valence-corrected chi connectivity index (χ3v) is 3.28. The lowest BCUT2D eigenvalue weighted by atomic mass is 10.2. The molecule has 0 aliphatic carbocycles. The van der Waals surface area contributed by atoms with Gasteiger partial charge in [0.1, 0.15) is 0 Å². The number of nitrogens with one attached hydrogen (secondary N) is 1. The predicted octanol–water partition coefficient (Wildman–Crippen LogP) is 2.60. The Hall–Kier alpha value is -1.39. The topological polar surface area (TPSA) is 58.4 Å².